The number of amides is 1. The molecule has 2 rings (SSSR count). The topological polar surface area (TPSA) is 91.1 Å². The number of carbonyl (C=O) groups excluding carboxylic acids is 1. The van der Waals surface area contributed by atoms with E-state index in [-0.39, 0.29) is 17.6 Å². The Kier molecular flexibility index (Phi) is 7.19. The van der Waals surface area contributed by atoms with E-state index in [1.54, 1.807) is 37.4 Å². The maximum absolute atomic E-state index is 12.6. The Balaban J connectivity index is 2.23. The molecule has 8 heteroatoms. The number of non-ortho nitro benzene ring substituents is 1. The lowest BCUT2D eigenvalue weighted by Crippen LogP contribution is -2.28. The maximum Gasteiger partial charge on any atom is 0.269 e. The van der Waals surface area contributed by atoms with Crippen LogP contribution in [0.3, 0.4) is 0 Å². The number of nitrogens with zero attached hydrogens (tertiary/aromatic N) is 2. The molecule has 0 N–H and O–H groups in total. The summed E-state index contributed by atoms with van der Waals surface area (Å²) in [6.45, 7) is 1.81. The third-order valence-electron chi connectivity index (χ3n) is 4.63. The van der Waals surface area contributed by atoms with Gasteiger partial charge in [-0.25, -0.2) is 0 Å². The van der Waals surface area contributed by atoms with Crippen molar-refractivity contribution in [3.05, 3.63) is 63.7 Å². The van der Waals surface area contributed by atoms with Crippen molar-refractivity contribution >= 4 is 17.7 Å². The molecule has 0 spiro atoms. The smallest absolute Gasteiger partial charge is 0.269 e. The van der Waals surface area contributed by atoms with Crippen LogP contribution < -0.4 is 14.2 Å². The molecule has 2 aromatic carbocycles. The van der Waals surface area contributed by atoms with Crippen molar-refractivity contribution in [1.29, 1.82) is 0 Å². The Morgan fingerprint density at radius 3 is 2.28 bits per heavy atom. The van der Waals surface area contributed by atoms with Crippen LogP contribution in [0.5, 0.6) is 17.2 Å². The Morgan fingerprint density at radius 1 is 1.07 bits per heavy atom. The van der Waals surface area contributed by atoms with E-state index in [1.165, 1.54) is 44.4 Å². The number of carbonyl (C=O) groups is 1. The first kappa shape index (κ1) is 21.7. The van der Waals surface area contributed by atoms with Crippen LogP contribution in [0.2, 0.25) is 0 Å². The van der Waals surface area contributed by atoms with Crippen molar-refractivity contribution in [2.24, 2.45) is 0 Å². The number of nitro benzene ring substituents is 1. The van der Waals surface area contributed by atoms with Gasteiger partial charge in [-0.15, -0.1) is 0 Å². The number of hydrogen-bond donors (Lipinski definition) is 0. The van der Waals surface area contributed by atoms with Gasteiger partial charge in [-0.05, 0) is 24.6 Å². The van der Waals surface area contributed by atoms with Crippen LogP contribution in [0.15, 0.2) is 42.5 Å². The fourth-order valence-electron chi connectivity index (χ4n) is 2.77. The predicted molar refractivity (Wildman–Crippen MR) is 109 cm³/mol. The van der Waals surface area contributed by atoms with E-state index in [2.05, 4.69) is 0 Å². The Labute approximate surface area is 169 Å². The summed E-state index contributed by atoms with van der Waals surface area (Å²) < 4.78 is 15.9. The predicted octanol–water partition coefficient (Wildman–Crippen LogP) is 3.85. The summed E-state index contributed by atoms with van der Waals surface area (Å²) >= 11 is 0. The van der Waals surface area contributed by atoms with Crippen molar-refractivity contribution in [3.8, 4) is 17.2 Å². The molecule has 154 valence electrons. The van der Waals surface area contributed by atoms with Gasteiger partial charge in [-0.1, -0.05) is 12.1 Å². The van der Waals surface area contributed by atoms with Gasteiger partial charge in [0.1, 0.15) is 5.75 Å². The van der Waals surface area contributed by atoms with Crippen LogP contribution in [0.25, 0.3) is 6.08 Å². The Hall–Kier alpha value is -3.55. The first-order chi connectivity index (χ1) is 13.8. The van der Waals surface area contributed by atoms with Crippen LogP contribution in [0.4, 0.5) is 5.69 Å². The van der Waals surface area contributed by atoms with Gasteiger partial charge in [-0.2, -0.15) is 0 Å². The van der Waals surface area contributed by atoms with Gasteiger partial charge in [0, 0.05) is 36.9 Å². The van der Waals surface area contributed by atoms with Crippen LogP contribution in [0.1, 0.15) is 24.1 Å². The highest BCUT2D eigenvalue weighted by Crippen LogP contribution is 2.35. The fraction of sp³-hybridized carbons (Fsp3) is 0.286. The standard InChI is InChI=1S/C21H24N2O6/c1-14(15-7-6-8-17(11-15)23(25)26)22(2)21(24)10-9-16-12-19(28-4)20(29-5)13-18(16)27-3/h6-14H,1-5H3/b10-9+/t14-/m0/s1. The molecule has 0 fully saturated rings. The number of hydrogen-bond acceptors (Lipinski definition) is 6. The molecule has 0 radical (unpaired) electrons. The van der Waals surface area contributed by atoms with E-state index in [4.69, 9.17) is 14.2 Å². The number of benzene rings is 2. The Bertz CT molecular complexity index is 925. The first-order valence-corrected chi connectivity index (χ1v) is 8.81. The summed E-state index contributed by atoms with van der Waals surface area (Å²) in [5, 5.41) is 11.0. The monoisotopic (exact) mass is 400 g/mol. The maximum atomic E-state index is 12.6. The summed E-state index contributed by atoms with van der Waals surface area (Å²) in [6.07, 6.45) is 3.04. The SMILES string of the molecule is COc1cc(OC)c(OC)cc1/C=C/C(=O)N(C)[C@@H](C)c1cccc([N+](=O)[O-])c1. The van der Waals surface area contributed by atoms with E-state index in [0.717, 1.165) is 0 Å². The number of rotatable bonds is 8. The second kappa shape index (κ2) is 9.59. The van der Waals surface area contributed by atoms with Crippen molar-refractivity contribution in [3.63, 3.8) is 0 Å². The summed E-state index contributed by atoms with van der Waals surface area (Å²) in [6, 6.07) is 9.29. The van der Waals surface area contributed by atoms with Gasteiger partial charge < -0.3 is 19.1 Å². The molecular weight excluding hydrogens is 376 g/mol. The zero-order chi connectivity index (χ0) is 21.6. The zero-order valence-electron chi connectivity index (χ0n) is 17.0. The van der Waals surface area contributed by atoms with E-state index in [0.29, 0.717) is 28.4 Å². The van der Waals surface area contributed by atoms with Gasteiger partial charge in [0.2, 0.25) is 5.91 Å². The third kappa shape index (κ3) is 5.04. The second-order valence-corrected chi connectivity index (χ2v) is 6.26. The molecule has 0 saturated heterocycles. The first-order valence-electron chi connectivity index (χ1n) is 8.81. The summed E-state index contributed by atoms with van der Waals surface area (Å²) in [5.74, 6) is 1.30. The van der Waals surface area contributed by atoms with Crippen molar-refractivity contribution in [2.75, 3.05) is 28.4 Å². The van der Waals surface area contributed by atoms with E-state index < -0.39 is 4.92 Å². The highest BCUT2D eigenvalue weighted by molar-refractivity contribution is 5.92. The highest BCUT2D eigenvalue weighted by atomic mass is 16.6. The molecule has 8 nitrogen and oxygen atoms in total. The minimum Gasteiger partial charge on any atom is -0.496 e. The zero-order valence-corrected chi connectivity index (χ0v) is 17.0. The van der Waals surface area contributed by atoms with Gasteiger partial charge in [0.05, 0.1) is 32.3 Å². The molecule has 1 atom stereocenters. The quantitative estimate of drug-likeness (QED) is 0.380. The molecule has 0 unspecified atom stereocenters. The molecule has 2 aromatic rings. The average Bonchev–Trinajstić information content (AvgIpc) is 2.75. The lowest BCUT2D eigenvalue weighted by atomic mass is 10.1. The minimum absolute atomic E-state index is 0.0131. The third-order valence-corrected chi connectivity index (χ3v) is 4.63. The Morgan fingerprint density at radius 2 is 1.69 bits per heavy atom. The molecule has 0 bridgehead atoms. The van der Waals surface area contributed by atoms with E-state index in [1.807, 2.05) is 6.92 Å². The molecule has 29 heavy (non-hydrogen) atoms. The van der Waals surface area contributed by atoms with E-state index >= 15 is 0 Å². The largest absolute Gasteiger partial charge is 0.496 e. The molecule has 0 aromatic heterocycles. The van der Waals surface area contributed by atoms with Crippen LogP contribution in [-0.2, 0) is 4.79 Å². The molecule has 0 aliphatic rings. The van der Waals surface area contributed by atoms with Crippen molar-refractivity contribution in [2.45, 2.75) is 13.0 Å². The molecule has 0 aliphatic carbocycles. The number of methoxy groups -OCH3 is 3. The summed E-state index contributed by atoms with van der Waals surface area (Å²) in [7, 11) is 6.22. The number of likely N-dealkylation sites (N-methyl/N-ethyl adjacent to an activating group) is 1. The van der Waals surface area contributed by atoms with E-state index in [9.17, 15) is 14.9 Å². The summed E-state index contributed by atoms with van der Waals surface area (Å²) in [4.78, 5) is 24.7. The molecule has 0 saturated carbocycles. The van der Waals surface area contributed by atoms with Crippen LogP contribution in [-0.4, -0.2) is 44.1 Å². The second-order valence-electron chi connectivity index (χ2n) is 6.26. The number of ether oxygens (including phenoxy) is 3. The van der Waals surface area contributed by atoms with Crippen LogP contribution in [0, 0.1) is 10.1 Å². The van der Waals surface area contributed by atoms with Gasteiger partial charge in [0.25, 0.3) is 5.69 Å². The fourth-order valence-corrected chi connectivity index (χ4v) is 2.77. The summed E-state index contributed by atoms with van der Waals surface area (Å²) in [5.41, 5.74) is 1.31. The van der Waals surface area contributed by atoms with Crippen LogP contribution >= 0.6 is 0 Å². The normalized spacial score (nSPS) is 11.8. The minimum atomic E-state index is -0.457. The van der Waals surface area contributed by atoms with Gasteiger partial charge in [0.15, 0.2) is 11.5 Å². The van der Waals surface area contributed by atoms with Crippen molar-refractivity contribution in [1.82, 2.24) is 4.90 Å². The molecule has 1 amide bonds. The number of nitro groups is 1. The molecular formula is C21H24N2O6. The molecule has 0 heterocycles. The van der Waals surface area contributed by atoms with Gasteiger partial charge >= 0.3 is 0 Å². The lowest BCUT2D eigenvalue weighted by Gasteiger charge is -2.24. The highest BCUT2D eigenvalue weighted by Gasteiger charge is 2.18. The average molecular weight is 400 g/mol. The van der Waals surface area contributed by atoms with Gasteiger partial charge in [-0.3, -0.25) is 14.9 Å². The lowest BCUT2D eigenvalue weighted by molar-refractivity contribution is -0.384. The molecule has 0 aliphatic heterocycles. The van der Waals surface area contributed by atoms with Crippen molar-refractivity contribution < 1.29 is 23.9 Å².